The van der Waals surface area contributed by atoms with Crippen LogP contribution in [-0.2, 0) is 11.8 Å². The van der Waals surface area contributed by atoms with E-state index in [2.05, 4.69) is 22.0 Å². The van der Waals surface area contributed by atoms with Crippen LogP contribution < -0.4 is 10.1 Å². The van der Waals surface area contributed by atoms with Crippen molar-refractivity contribution in [1.82, 2.24) is 15.1 Å². The minimum Gasteiger partial charge on any atom is -0.491 e. The van der Waals surface area contributed by atoms with Crippen molar-refractivity contribution in [2.45, 2.75) is 13.0 Å². The van der Waals surface area contributed by atoms with Crippen LogP contribution in [0.2, 0.25) is 5.02 Å². The lowest BCUT2D eigenvalue weighted by Gasteiger charge is -2.20. The molecule has 1 aliphatic heterocycles. The molecule has 0 spiro atoms. The van der Waals surface area contributed by atoms with Crippen molar-refractivity contribution in [3.05, 3.63) is 53.0 Å². The van der Waals surface area contributed by atoms with E-state index in [0.717, 1.165) is 0 Å². The Bertz CT molecular complexity index is 926. The first-order chi connectivity index (χ1) is 12.9. The van der Waals surface area contributed by atoms with Gasteiger partial charge in [0.1, 0.15) is 29.8 Å². The SMILES string of the molecule is C=CC1=Nc2c(cnn2C)C(=O)NCCOc2ccc(F)c(Cl)c2C(C)O1. The summed E-state index contributed by atoms with van der Waals surface area (Å²) in [7, 11) is 1.66. The van der Waals surface area contributed by atoms with E-state index in [-0.39, 0.29) is 35.5 Å². The Kier molecular flexibility index (Phi) is 5.46. The molecule has 1 N–H and O–H groups in total. The monoisotopic (exact) mass is 392 g/mol. The number of rotatable bonds is 1. The summed E-state index contributed by atoms with van der Waals surface area (Å²) in [5.41, 5.74) is 0.635. The molecule has 0 radical (unpaired) electrons. The maximum Gasteiger partial charge on any atom is 0.256 e. The topological polar surface area (TPSA) is 77.7 Å². The molecule has 0 aliphatic carbocycles. The summed E-state index contributed by atoms with van der Waals surface area (Å²) in [4.78, 5) is 16.7. The molecule has 1 aromatic heterocycles. The molecule has 1 aliphatic rings. The second-order valence-corrected chi connectivity index (χ2v) is 6.18. The Hall–Kier alpha value is -2.87. The van der Waals surface area contributed by atoms with Crippen LogP contribution in [-0.4, -0.2) is 34.7 Å². The molecule has 142 valence electrons. The molecule has 1 atom stereocenters. The standard InChI is InChI=1S/C18H18ClFN4O3/c1-4-14-23-17-11(9-22-24(17)3)18(25)21-7-8-26-13-6-5-12(20)16(19)15(13)10(2)27-14/h4-6,9-10H,1,7-8H2,2-3H3,(H,21,25). The third-order valence-corrected chi connectivity index (χ3v) is 4.37. The number of nitrogens with one attached hydrogen (secondary N) is 1. The first kappa shape index (κ1) is 18.9. The summed E-state index contributed by atoms with van der Waals surface area (Å²) in [6.45, 7) is 5.77. The molecular weight excluding hydrogens is 375 g/mol. The first-order valence-corrected chi connectivity index (χ1v) is 8.58. The van der Waals surface area contributed by atoms with Crippen molar-refractivity contribution in [2.75, 3.05) is 13.2 Å². The Morgan fingerprint density at radius 1 is 1.48 bits per heavy atom. The van der Waals surface area contributed by atoms with Crippen molar-refractivity contribution in [3.8, 4) is 5.75 Å². The smallest absolute Gasteiger partial charge is 0.256 e. The van der Waals surface area contributed by atoms with Crippen LogP contribution >= 0.6 is 11.6 Å². The van der Waals surface area contributed by atoms with Gasteiger partial charge in [-0.1, -0.05) is 18.2 Å². The number of halogens is 2. The van der Waals surface area contributed by atoms with Gasteiger partial charge in [-0.25, -0.2) is 4.39 Å². The van der Waals surface area contributed by atoms with Crippen LogP contribution in [0.3, 0.4) is 0 Å². The highest BCUT2D eigenvalue weighted by atomic mass is 35.5. The Morgan fingerprint density at radius 2 is 2.26 bits per heavy atom. The van der Waals surface area contributed by atoms with E-state index in [4.69, 9.17) is 21.1 Å². The lowest BCUT2D eigenvalue weighted by Crippen LogP contribution is -2.28. The Labute approximate surface area is 160 Å². The van der Waals surface area contributed by atoms with Gasteiger partial charge in [0.15, 0.2) is 5.82 Å². The van der Waals surface area contributed by atoms with Crippen molar-refractivity contribution in [2.24, 2.45) is 12.0 Å². The minimum absolute atomic E-state index is 0.0939. The number of carbonyl (C=O) groups is 1. The predicted octanol–water partition coefficient (Wildman–Crippen LogP) is 3.33. The van der Waals surface area contributed by atoms with Gasteiger partial charge < -0.3 is 14.8 Å². The molecular formula is C18H18ClFN4O3. The molecule has 3 rings (SSSR count). The fourth-order valence-corrected chi connectivity index (χ4v) is 2.97. The first-order valence-electron chi connectivity index (χ1n) is 8.21. The maximum atomic E-state index is 14.0. The minimum atomic E-state index is -0.680. The van der Waals surface area contributed by atoms with Crippen LogP contribution in [0.1, 0.15) is 28.9 Å². The summed E-state index contributed by atoms with van der Waals surface area (Å²) in [5.74, 6) is -0.132. The summed E-state index contributed by atoms with van der Waals surface area (Å²) in [6, 6.07) is 2.69. The average molecular weight is 393 g/mol. The van der Waals surface area contributed by atoms with E-state index in [1.54, 1.807) is 14.0 Å². The van der Waals surface area contributed by atoms with Crippen LogP contribution in [0.4, 0.5) is 10.2 Å². The van der Waals surface area contributed by atoms with Crippen LogP contribution in [0.5, 0.6) is 5.75 Å². The zero-order chi connectivity index (χ0) is 19.6. The molecule has 2 aromatic rings. The molecule has 2 heterocycles. The van der Waals surface area contributed by atoms with E-state index in [1.165, 1.54) is 29.1 Å². The fourth-order valence-electron chi connectivity index (χ4n) is 2.66. The van der Waals surface area contributed by atoms with Crippen molar-refractivity contribution in [1.29, 1.82) is 0 Å². The number of fused-ring (bicyclic) bond motifs is 2. The quantitative estimate of drug-likeness (QED) is 0.807. The maximum absolute atomic E-state index is 14.0. The third-order valence-electron chi connectivity index (χ3n) is 3.98. The molecule has 7 nitrogen and oxygen atoms in total. The normalized spacial score (nSPS) is 17.6. The number of benzene rings is 1. The number of carbonyl (C=O) groups excluding carboxylic acids is 1. The summed E-state index contributed by atoms with van der Waals surface area (Å²) >= 11 is 6.15. The highest BCUT2D eigenvalue weighted by Gasteiger charge is 2.23. The molecule has 0 saturated carbocycles. The second-order valence-electron chi connectivity index (χ2n) is 5.80. The zero-order valence-electron chi connectivity index (χ0n) is 14.8. The van der Waals surface area contributed by atoms with E-state index in [9.17, 15) is 9.18 Å². The Morgan fingerprint density at radius 3 is 3.00 bits per heavy atom. The van der Waals surface area contributed by atoms with Gasteiger partial charge in [0.25, 0.3) is 5.91 Å². The lowest BCUT2D eigenvalue weighted by molar-refractivity contribution is 0.0947. The van der Waals surface area contributed by atoms with Crippen LogP contribution in [0.15, 0.2) is 36.0 Å². The second kappa shape index (κ2) is 7.79. The lowest BCUT2D eigenvalue weighted by atomic mass is 10.1. The number of hydrogen-bond acceptors (Lipinski definition) is 5. The van der Waals surface area contributed by atoms with Crippen molar-refractivity contribution >= 4 is 29.2 Å². The third kappa shape index (κ3) is 3.80. The number of ether oxygens (including phenoxy) is 2. The molecule has 1 aromatic carbocycles. The zero-order valence-corrected chi connectivity index (χ0v) is 15.6. The van der Waals surface area contributed by atoms with Gasteiger partial charge in [-0.3, -0.25) is 9.48 Å². The molecule has 27 heavy (non-hydrogen) atoms. The van der Waals surface area contributed by atoms with Crippen LogP contribution in [0, 0.1) is 5.82 Å². The van der Waals surface area contributed by atoms with Gasteiger partial charge >= 0.3 is 0 Å². The van der Waals surface area contributed by atoms with Gasteiger partial charge in [0, 0.05) is 7.05 Å². The number of aryl methyl sites for hydroxylation is 1. The largest absolute Gasteiger partial charge is 0.491 e. The van der Waals surface area contributed by atoms with E-state index in [1.807, 2.05) is 0 Å². The average Bonchev–Trinajstić information content (AvgIpc) is 3.00. The van der Waals surface area contributed by atoms with E-state index < -0.39 is 11.9 Å². The number of nitrogens with zero attached hydrogens (tertiary/aromatic N) is 3. The molecule has 0 bridgehead atoms. The number of aromatic nitrogens is 2. The van der Waals surface area contributed by atoms with E-state index >= 15 is 0 Å². The van der Waals surface area contributed by atoms with Gasteiger partial charge in [-0.05, 0) is 25.1 Å². The summed E-state index contributed by atoms with van der Waals surface area (Å²) in [6.07, 6.45) is 2.12. The molecule has 1 amide bonds. The van der Waals surface area contributed by atoms with Gasteiger partial charge in [0.05, 0.1) is 23.3 Å². The molecule has 1 unspecified atom stereocenters. The fraction of sp³-hybridized carbons (Fsp3) is 0.278. The van der Waals surface area contributed by atoms with Gasteiger partial charge in [0.2, 0.25) is 5.90 Å². The Balaban J connectivity index is 2.09. The molecule has 0 fully saturated rings. The van der Waals surface area contributed by atoms with Crippen molar-refractivity contribution in [3.63, 3.8) is 0 Å². The number of hydrogen-bond donors (Lipinski definition) is 1. The molecule has 0 saturated heterocycles. The van der Waals surface area contributed by atoms with Gasteiger partial charge in [-0.15, -0.1) is 0 Å². The number of aliphatic imine (C=N–C) groups is 1. The van der Waals surface area contributed by atoms with Gasteiger partial charge in [-0.2, -0.15) is 10.1 Å². The summed E-state index contributed by atoms with van der Waals surface area (Å²) in [5, 5.41) is 6.70. The van der Waals surface area contributed by atoms with Crippen molar-refractivity contribution < 1.29 is 18.7 Å². The highest BCUT2D eigenvalue weighted by Crippen LogP contribution is 2.36. The molecule has 9 heteroatoms. The van der Waals surface area contributed by atoms with E-state index in [0.29, 0.717) is 17.1 Å². The number of amides is 1. The predicted molar refractivity (Wildman–Crippen MR) is 99.2 cm³/mol. The van der Waals surface area contributed by atoms with Crippen LogP contribution in [0.25, 0.3) is 0 Å². The highest BCUT2D eigenvalue weighted by molar-refractivity contribution is 6.31. The summed E-state index contributed by atoms with van der Waals surface area (Å²) < 4.78 is 26.9.